The minimum absolute atomic E-state index is 0.00441. The van der Waals surface area contributed by atoms with Gasteiger partial charge in [-0.1, -0.05) is 13.0 Å². The van der Waals surface area contributed by atoms with Crippen LogP contribution < -0.4 is 5.32 Å². The number of ether oxygens (including phenoxy) is 1. The van der Waals surface area contributed by atoms with E-state index in [9.17, 15) is 18.0 Å². The van der Waals surface area contributed by atoms with Crippen molar-refractivity contribution in [2.45, 2.75) is 31.2 Å². The van der Waals surface area contributed by atoms with Crippen molar-refractivity contribution in [3.05, 3.63) is 29.8 Å². The van der Waals surface area contributed by atoms with E-state index in [0.29, 0.717) is 0 Å². The third kappa shape index (κ3) is 5.55. The Labute approximate surface area is 124 Å². The zero-order valence-electron chi connectivity index (χ0n) is 12.3. The SMILES string of the molecule is CC[C@H](C)NC(=O)COC(=O)c1cccc(S(C)(=O)=O)c1. The average molecular weight is 313 g/mol. The molecule has 6 nitrogen and oxygen atoms in total. The predicted octanol–water partition coefficient (Wildman–Crippen LogP) is 1.16. The molecule has 1 N–H and O–H groups in total. The summed E-state index contributed by atoms with van der Waals surface area (Å²) in [4.78, 5) is 23.3. The van der Waals surface area contributed by atoms with Gasteiger partial charge >= 0.3 is 5.97 Å². The van der Waals surface area contributed by atoms with E-state index in [1.165, 1.54) is 24.3 Å². The fourth-order valence-electron chi connectivity index (χ4n) is 1.49. The van der Waals surface area contributed by atoms with Gasteiger partial charge in [-0.15, -0.1) is 0 Å². The number of esters is 1. The number of nitrogens with one attached hydrogen (secondary N) is 1. The molecule has 0 bridgehead atoms. The van der Waals surface area contributed by atoms with Crippen LogP contribution in [0.4, 0.5) is 0 Å². The van der Waals surface area contributed by atoms with Gasteiger partial charge in [0.05, 0.1) is 10.5 Å². The Kier molecular flexibility index (Phi) is 5.90. The highest BCUT2D eigenvalue weighted by Gasteiger charge is 2.14. The molecule has 0 fully saturated rings. The molecule has 21 heavy (non-hydrogen) atoms. The van der Waals surface area contributed by atoms with Gasteiger partial charge in [0.2, 0.25) is 0 Å². The third-order valence-corrected chi connectivity index (χ3v) is 3.96. The van der Waals surface area contributed by atoms with E-state index < -0.39 is 28.3 Å². The minimum Gasteiger partial charge on any atom is -0.452 e. The normalized spacial score (nSPS) is 12.5. The fraction of sp³-hybridized carbons (Fsp3) is 0.429. The Morgan fingerprint density at radius 1 is 1.33 bits per heavy atom. The van der Waals surface area contributed by atoms with E-state index >= 15 is 0 Å². The van der Waals surface area contributed by atoms with E-state index in [-0.39, 0.29) is 16.5 Å². The molecule has 0 saturated heterocycles. The minimum atomic E-state index is -3.40. The van der Waals surface area contributed by atoms with Crippen molar-refractivity contribution in [3.8, 4) is 0 Å². The highest BCUT2D eigenvalue weighted by atomic mass is 32.2. The van der Waals surface area contributed by atoms with Crippen LogP contribution in [-0.2, 0) is 19.4 Å². The van der Waals surface area contributed by atoms with Crippen LogP contribution in [0.5, 0.6) is 0 Å². The van der Waals surface area contributed by atoms with Crippen molar-refractivity contribution in [1.82, 2.24) is 5.32 Å². The first-order chi connectivity index (χ1) is 9.74. The number of hydrogen-bond donors (Lipinski definition) is 1. The zero-order chi connectivity index (χ0) is 16.0. The molecular weight excluding hydrogens is 294 g/mol. The van der Waals surface area contributed by atoms with Crippen molar-refractivity contribution in [1.29, 1.82) is 0 Å². The maximum atomic E-state index is 11.8. The summed E-state index contributed by atoms with van der Waals surface area (Å²) < 4.78 is 27.7. The molecule has 0 unspecified atom stereocenters. The first kappa shape index (κ1) is 17.2. The first-order valence-corrected chi connectivity index (χ1v) is 8.39. The highest BCUT2D eigenvalue weighted by Crippen LogP contribution is 2.12. The van der Waals surface area contributed by atoms with E-state index in [2.05, 4.69) is 5.32 Å². The van der Waals surface area contributed by atoms with Crippen LogP contribution in [0.2, 0.25) is 0 Å². The summed E-state index contributed by atoms with van der Waals surface area (Å²) in [5, 5.41) is 2.66. The number of carbonyl (C=O) groups excluding carboxylic acids is 2. The largest absolute Gasteiger partial charge is 0.452 e. The maximum absolute atomic E-state index is 11.8. The van der Waals surface area contributed by atoms with Crippen LogP contribution in [0.25, 0.3) is 0 Å². The lowest BCUT2D eigenvalue weighted by molar-refractivity contribution is -0.124. The smallest absolute Gasteiger partial charge is 0.338 e. The summed E-state index contributed by atoms with van der Waals surface area (Å²) >= 11 is 0. The molecule has 1 aromatic carbocycles. The molecule has 116 valence electrons. The van der Waals surface area contributed by atoms with Crippen LogP contribution in [-0.4, -0.2) is 39.2 Å². The van der Waals surface area contributed by atoms with Crippen LogP contribution >= 0.6 is 0 Å². The Morgan fingerprint density at radius 3 is 2.57 bits per heavy atom. The molecule has 0 heterocycles. The topological polar surface area (TPSA) is 89.5 Å². The molecule has 0 radical (unpaired) electrons. The van der Waals surface area contributed by atoms with Gasteiger partial charge in [0.15, 0.2) is 16.4 Å². The number of rotatable bonds is 6. The van der Waals surface area contributed by atoms with E-state index in [1.807, 2.05) is 13.8 Å². The second kappa shape index (κ2) is 7.21. The van der Waals surface area contributed by atoms with Gasteiger partial charge in [0.1, 0.15) is 0 Å². The molecule has 0 aliphatic carbocycles. The van der Waals surface area contributed by atoms with Gasteiger partial charge in [-0.3, -0.25) is 4.79 Å². The van der Waals surface area contributed by atoms with Gasteiger partial charge in [0.25, 0.3) is 5.91 Å². The second-order valence-electron chi connectivity index (χ2n) is 4.75. The van der Waals surface area contributed by atoms with Crippen LogP contribution in [0.1, 0.15) is 30.6 Å². The number of sulfone groups is 1. The predicted molar refractivity (Wildman–Crippen MR) is 77.7 cm³/mol. The Hall–Kier alpha value is -1.89. The van der Waals surface area contributed by atoms with E-state index in [0.717, 1.165) is 12.7 Å². The fourth-order valence-corrected chi connectivity index (χ4v) is 2.15. The van der Waals surface area contributed by atoms with Crippen molar-refractivity contribution in [2.75, 3.05) is 12.9 Å². The molecule has 0 spiro atoms. The average Bonchev–Trinajstić information content (AvgIpc) is 2.43. The molecule has 1 atom stereocenters. The zero-order valence-corrected chi connectivity index (χ0v) is 13.1. The number of hydrogen-bond acceptors (Lipinski definition) is 5. The summed E-state index contributed by atoms with van der Waals surface area (Å²) in [6.45, 7) is 3.37. The summed E-state index contributed by atoms with van der Waals surface area (Å²) in [7, 11) is -3.40. The summed E-state index contributed by atoms with van der Waals surface area (Å²) in [6.07, 6.45) is 1.83. The Bertz CT molecular complexity index is 624. The van der Waals surface area contributed by atoms with Gasteiger partial charge in [0, 0.05) is 12.3 Å². The number of amides is 1. The lowest BCUT2D eigenvalue weighted by Crippen LogP contribution is -2.35. The van der Waals surface area contributed by atoms with Crippen molar-refractivity contribution >= 4 is 21.7 Å². The third-order valence-electron chi connectivity index (χ3n) is 2.85. The summed E-state index contributed by atoms with van der Waals surface area (Å²) in [5.41, 5.74) is 0.0919. The quantitative estimate of drug-likeness (QED) is 0.796. The van der Waals surface area contributed by atoms with Crippen LogP contribution in [0, 0.1) is 0 Å². The lowest BCUT2D eigenvalue weighted by atomic mass is 10.2. The Morgan fingerprint density at radius 2 is 2.00 bits per heavy atom. The molecule has 0 aliphatic rings. The highest BCUT2D eigenvalue weighted by molar-refractivity contribution is 7.90. The summed E-state index contributed by atoms with van der Waals surface area (Å²) in [5.74, 6) is -1.13. The van der Waals surface area contributed by atoms with Crippen molar-refractivity contribution in [2.24, 2.45) is 0 Å². The summed E-state index contributed by atoms with van der Waals surface area (Å²) in [6, 6.07) is 5.51. The van der Waals surface area contributed by atoms with Crippen molar-refractivity contribution in [3.63, 3.8) is 0 Å². The van der Waals surface area contributed by atoms with Crippen molar-refractivity contribution < 1.29 is 22.7 Å². The Balaban J connectivity index is 2.67. The standard InChI is InChI=1S/C14H19NO5S/c1-4-10(2)15-13(16)9-20-14(17)11-6-5-7-12(8-11)21(3,18)19/h5-8,10H,4,9H2,1-3H3,(H,15,16)/t10-/m0/s1. The maximum Gasteiger partial charge on any atom is 0.338 e. The van der Waals surface area contributed by atoms with E-state index in [4.69, 9.17) is 4.74 Å². The molecule has 0 saturated carbocycles. The monoisotopic (exact) mass is 313 g/mol. The molecule has 0 aromatic heterocycles. The molecular formula is C14H19NO5S. The molecule has 0 aliphatic heterocycles. The van der Waals surface area contributed by atoms with Gasteiger partial charge in [-0.25, -0.2) is 13.2 Å². The van der Waals surface area contributed by atoms with E-state index in [1.54, 1.807) is 0 Å². The molecule has 1 rings (SSSR count). The molecule has 1 aromatic rings. The van der Waals surface area contributed by atoms with Gasteiger partial charge < -0.3 is 10.1 Å². The number of benzene rings is 1. The molecule has 1 amide bonds. The van der Waals surface area contributed by atoms with Crippen LogP contribution in [0.3, 0.4) is 0 Å². The van der Waals surface area contributed by atoms with Gasteiger partial charge in [-0.2, -0.15) is 0 Å². The lowest BCUT2D eigenvalue weighted by Gasteiger charge is -2.11. The van der Waals surface area contributed by atoms with Gasteiger partial charge in [-0.05, 0) is 31.5 Å². The molecule has 7 heteroatoms. The first-order valence-electron chi connectivity index (χ1n) is 6.50. The van der Waals surface area contributed by atoms with Crippen LogP contribution in [0.15, 0.2) is 29.2 Å². The second-order valence-corrected chi connectivity index (χ2v) is 6.77. The number of carbonyl (C=O) groups is 2.